The first-order chi connectivity index (χ1) is 31.1. The van der Waals surface area contributed by atoms with Crippen LogP contribution >= 0.6 is 0 Å². The van der Waals surface area contributed by atoms with Gasteiger partial charge in [-0.25, -0.2) is 4.18 Å². The Balaban J connectivity index is 2.28. The highest BCUT2D eigenvalue weighted by Crippen LogP contribution is 2.26. The van der Waals surface area contributed by atoms with E-state index in [1.165, 1.54) is 161 Å². The van der Waals surface area contributed by atoms with Gasteiger partial charge in [-0.05, 0) is 38.5 Å². The van der Waals surface area contributed by atoms with Gasteiger partial charge in [0, 0.05) is 13.0 Å². The highest BCUT2D eigenvalue weighted by molar-refractivity contribution is 7.80. The molecule has 1 heterocycles. The number of esters is 1. The smallest absolute Gasteiger partial charge is 0.397 e. The van der Waals surface area contributed by atoms with E-state index < -0.39 is 59.8 Å². The molecule has 64 heavy (non-hydrogen) atoms. The van der Waals surface area contributed by atoms with Crippen molar-refractivity contribution in [3.63, 3.8) is 0 Å². The largest absolute Gasteiger partial charge is 0.457 e. The molecule has 380 valence electrons. The van der Waals surface area contributed by atoms with Crippen molar-refractivity contribution in [3.05, 3.63) is 12.2 Å². The van der Waals surface area contributed by atoms with Crippen LogP contribution < -0.4 is 0 Å². The molecule has 12 nitrogen and oxygen atoms in total. The minimum Gasteiger partial charge on any atom is -0.457 e. The molecule has 0 amide bonds. The first kappa shape index (κ1) is 60.9. The minimum absolute atomic E-state index is 0.0387. The van der Waals surface area contributed by atoms with Gasteiger partial charge in [0.1, 0.15) is 30.5 Å². The number of ether oxygens (including phenoxy) is 4. The van der Waals surface area contributed by atoms with Gasteiger partial charge in [-0.1, -0.05) is 212 Å². The van der Waals surface area contributed by atoms with Crippen molar-refractivity contribution in [2.45, 2.75) is 282 Å². The van der Waals surface area contributed by atoms with Crippen LogP contribution in [0, 0.1) is 0 Å². The molecule has 13 heteroatoms. The number of carbonyl (C=O) groups excluding carboxylic acids is 1. The summed E-state index contributed by atoms with van der Waals surface area (Å²) in [5.41, 5.74) is 0. The average molecular weight is 935 g/mol. The van der Waals surface area contributed by atoms with Crippen molar-refractivity contribution in [3.8, 4) is 0 Å². The SMILES string of the molecule is CCCCCC/C=C\CCCCCCCC(=O)OC(COCCCCCCCCCCCCCCCCCCCCCCCCCC)COC1OC(CO)C(O)C(OS(=O)(=O)O)C1O. The van der Waals surface area contributed by atoms with E-state index in [2.05, 4.69) is 30.2 Å². The lowest BCUT2D eigenvalue weighted by molar-refractivity contribution is -0.301. The summed E-state index contributed by atoms with van der Waals surface area (Å²) in [6.07, 6.45) is 39.7. The number of rotatable bonds is 47. The average Bonchev–Trinajstić information content (AvgIpc) is 3.27. The molecule has 0 aliphatic carbocycles. The fourth-order valence-corrected chi connectivity index (χ4v) is 8.88. The highest BCUT2D eigenvalue weighted by Gasteiger charge is 2.48. The zero-order valence-electron chi connectivity index (χ0n) is 40.9. The van der Waals surface area contributed by atoms with E-state index in [1.54, 1.807) is 0 Å². The third-order valence-corrected chi connectivity index (χ3v) is 12.9. The van der Waals surface area contributed by atoms with Crippen LogP contribution in [0.4, 0.5) is 0 Å². The molecule has 6 atom stereocenters. The molecule has 0 bridgehead atoms. The Morgan fingerprint density at radius 1 is 0.578 bits per heavy atom. The summed E-state index contributed by atoms with van der Waals surface area (Å²) in [7, 11) is -5.06. The second-order valence-electron chi connectivity index (χ2n) is 18.5. The predicted octanol–water partition coefficient (Wildman–Crippen LogP) is 12.2. The minimum atomic E-state index is -5.06. The standard InChI is InChI=1S/C51H98O12S/c1-3-5-7-9-11-13-15-17-18-19-20-21-22-23-24-25-26-27-29-31-33-35-37-39-41-59-43-45(44-60-51-49(55)50(63-64(56,57)58)48(54)46(42-52)62-51)61-47(53)40-38-36-34-32-30-28-16-14-12-10-8-6-4-2/h14,16,45-46,48-52,54-55H,3-13,15,17-44H2,1-2H3,(H,56,57,58)/b16-14-. The lowest BCUT2D eigenvalue weighted by atomic mass is 9.99. The van der Waals surface area contributed by atoms with Gasteiger partial charge in [0.15, 0.2) is 6.29 Å². The van der Waals surface area contributed by atoms with Crippen molar-refractivity contribution < 1.29 is 56.2 Å². The summed E-state index contributed by atoms with van der Waals surface area (Å²) >= 11 is 0. The normalized spacial score (nSPS) is 19.8. The van der Waals surface area contributed by atoms with Gasteiger partial charge in [-0.3, -0.25) is 9.35 Å². The van der Waals surface area contributed by atoms with Crippen LogP contribution in [0.1, 0.15) is 245 Å². The van der Waals surface area contributed by atoms with E-state index in [0.717, 1.165) is 57.8 Å². The Morgan fingerprint density at radius 2 is 0.984 bits per heavy atom. The molecule has 0 aromatic heterocycles. The molecule has 0 aromatic carbocycles. The van der Waals surface area contributed by atoms with Crippen molar-refractivity contribution in [2.24, 2.45) is 0 Å². The van der Waals surface area contributed by atoms with Crippen LogP contribution in [0.25, 0.3) is 0 Å². The molecule has 1 saturated heterocycles. The van der Waals surface area contributed by atoms with Gasteiger partial charge in [0.05, 0.1) is 19.8 Å². The Morgan fingerprint density at radius 3 is 1.42 bits per heavy atom. The van der Waals surface area contributed by atoms with Crippen LogP contribution in [0.5, 0.6) is 0 Å². The fourth-order valence-electron chi connectivity index (χ4n) is 8.38. The zero-order chi connectivity index (χ0) is 46.8. The molecule has 1 aliphatic heterocycles. The predicted molar refractivity (Wildman–Crippen MR) is 258 cm³/mol. The van der Waals surface area contributed by atoms with Crippen molar-refractivity contribution in [1.82, 2.24) is 0 Å². The summed E-state index contributed by atoms with van der Waals surface area (Å²) < 4.78 is 59.2. The number of hydrogen-bond donors (Lipinski definition) is 4. The summed E-state index contributed by atoms with van der Waals surface area (Å²) in [6.45, 7) is 4.01. The van der Waals surface area contributed by atoms with Crippen LogP contribution in [-0.4, -0.2) is 97.5 Å². The molecule has 0 aromatic rings. The van der Waals surface area contributed by atoms with Gasteiger partial charge in [-0.15, -0.1) is 0 Å². The van der Waals surface area contributed by atoms with E-state index in [4.69, 9.17) is 18.9 Å². The molecule has 1 fully saturated rings. The second-order valence-corrected chi connectivity index (χ2v) is 19.5. The van der Waals surface area contributed by atoms with Crippen molar-refractivity contribution in [1.29, 1.82) is 0 Å². The fraction of sp³-hybridized carbons (Fsp3) is 0.941. The Labute approximate surface area is 391 Å². The number of aliphatic hydroxyl groups is 3. The van der Waals surface area contributed by atoms with E-state index in [0.29, 0.717) is 13.0 Å². The summed E-state index contributed by atoms with van der Waals surface area (Å²) in [4.78, 5) is 12.9. The van der Waals surface area contributed by atoms with Crippen LogP contribution in [0.2, 0.25) is 0 Å². The van der Waals surface area contributed by atoms with Gasteiger partial charge in [0.25, 0.3) is 0 Å². The first-order valence-corrected chi connectivity index (χ1v) is 27.8. The van der Waals surface area contributed by atoms with E-state index in [1.807, 2.05) is 0 Å². The lowest BCUT2D eigenvalue weighted by Crippen LogP contribution is -2.60. The molecule has 6 unspecified atom stereocenters. The molecule has 0 radical (unpaired) electrons. The van der Waals surface area contributed by atoms with Gasteiger partial charge >= 0.3 is 16.4 Å². The molecule has 0 spiro atoms. The molecular weight excluding hydrogens is 837 g/mol. The maximum atomic E-state index is 12.9. The van der Waals surface area contributed by atoms with E-state index >= 15 is 0 Å². The Bertz CT molecular complexity index is 1170. The van der Waals surface area contributed by atoms with Crippen molar-refractivity contribution in [2.75, 3.05) is 26.4 Å². The molecular formula is C51H98O12S. The topological polar surface area (TPSA) is 178 Å². The third kappa shape index (κ3) is 36.0. The molecule has 1 rings (SSSR count). The maximum absolute atomic E-state index is 12.9. The maximum Gasteiger partial charge on any atom is 0.397 e. The Hall–Kier alpha value is -1.16. The van der Waals surface area contributed by atoms with Crippen LogP contribution in [-0.2, 0) is 38.3 Å². The lowest BCUT2D eigenvalue weighted by Gasteiger charge is -2.41. The number of aliphatic hydroxyl groups excluding tert-OH is 3. The monoisotopic (exact) mass is 935 g/mol. The number of hydrogen-bond acceptors (Lipinski definition) is 11. The third-order valence-electron chi connectivity index (χ3n) is 12.4. The zero-order valence-corrected chi connectivity index (χ0v) is 41.7. The van der Waals surface area contributed by atoms with E-state index in [9.17, 15) is 33.1 Å². The molecule has 4 N–H and O–H groups in total. The van der Waals surface area contributed by atoms with Crippen LogP contribution in [0.3, 0.4) is 0 Å². The summed E-state index contributed by atoms with van der Waals surface area (Å²) in [5, 5.41) is 30.7. The van der Waals surface area contributed by atoms with Gasteiger partial charge < -0.3 is 34.3 Å². The number of allylic oxidation sites excluding steroid dienone is 2. The summed E-state index contributed by atoms with van der Waals surface area (Å²) in [5.74, 6) is -0.403. The van der Waals surface area contributed by atoms with Gasteiger partial charge in [-0.2, -0.15) is 8.42 Å². The molecule has 1 aliphatic rings. The quantitative estimate of drug-likeness (QED) is 0.0197. The first-order valence-electron chi connectivity index (χ1n) is 26.4. The Kier molecular flexibility index (Phi) is 41.0. The van der Waals surface area contributed by atoms with Gasteiger partial charge in [0.2, 0.25) is 0 Å². The summed E-state index contributed by atoms with van der Waals surface area (Å²) in [6, 6.07) is 0. The second kappa shape index (κ2) is 43.1. The van der Waals surface area contributed by atoms with Crippen LogP contribution in [0.15, 0.2) is 12.2 Å². The highest BCUT2D eigenvalue weighted by atomic mass is 32.3. The number of unbranched alkanes of at least 4 members (excludes halogenated alkanes) is 32. The number of carbonyl (C=O) groups is 1. The van der Waals surface area contributed by atoms with Crippen molar-refractivity contribution >= 4 is 16.4 Å². The molecule has 0 saturated carbocycles. The van der Waals surface area contributed by atoms with E-state index in [-0.39, 0.29) is 19.6 Å².